The molecule has 0 amide bonds. The largest absolute Gasteiger partial charge is 0.459 e. The summed E-state index contributed by atoms with van der Waals surface area (Å²) in [6.07, 6.45) is 5.69. The summed E-state index contributed by atoms with van der Waals surface area (Å²) in [5.41, 5.74) is 5.87. The van der Waals surface area contributed by atoms with E-state index in [1.165, 1.54) is 0 Å². The van der Waals surface area contributed by atoms with E-state index >= 15 is 0 Å². The molecule has 1 aliphatic heterocycles. The van der Waals surface area contributed by atoms with E-state index in [9.17, 15) is 4.79 Å². The van der Waals surface area contributed by atoms with E-state index in [0.717, 1.165) is 25.0 Å². The van der Waals surface area contributed by atoms with Crippen molar-refractivity contribution in [3.63, 3.8) is 0 Å². The highest BCUT2D eigenvalue weighted by Crippen LogP contribution is 2.27. The Morgan fingerprint density at radius 3 is 2.76 bits per heavy atom. The molecule has 0 radical (unpaired) electrons. The average molecular weight is 317 g/mol. The minimum absolute atomic E-state index is 0.0196. The molecule has 1 rings (SSSR count). The van der Waals surface area contributed by atoms with E-state index in [4.69, 9.17) is 15.2 Å². The molecule has 0 spiro atoms. The van der Waals surface area contributed by atoms with Gasteiger partial charge in [-0.25, -0.2) is 0 Å². The molecule has 21 heavy (non-hydrogen) atoms. The third-order valence-electron chi connectivity index (χ3n) is 3.94. The number of thioether (sulfide) groups is 1. The first-order valence-corrected chi connectivity index (χ1v) is 9.41. The van der Waals surface area contributed by atoms with E-state index < -0.39 is 6.04 Å². The predicted octanol–water partition coefficient (Wildman–Crippen LogP) is 2.84. The summed E-state index contributed by atoms with van der Waals surface area (Å²) in [5, 5.41) is 0. The SMILES string of the molecule is CSCCC1CCCC(N)C(=O)OC(C)C1OCC(C)C. The van der Waals surface area contributed by atoms with Crippen LogP contribution in [0.4, 0.5) is 0 Å². The lowest BCUT2D eigenvalue weighted by molar-refractivity contribution is -0.160. The molecule has 1 saturated heterocycles. The minimum atomic E-state index is -0.488. The van der Waals surface area contributed by atoms with Crippen molar-refractivity contribution >= 4 is 17.7 Å². The van der Waals surface area contributed by atoms with Crippen LogP contribution in [0.2, 0.25) is 0 Å². The number of carbonyl (C=O) groups is 1. The lowest BCUT2D eigenvalue weighted by Crippen LogP contribution is -2.40. The zero-order valence-corrected chi connectivity index (χ0v) is 14.7. The van der Waals surface area contributed by atoms with Gasteiger partial charge in [0.05, 0.1) is 6.10 Å². The van der Waals surface area contributed by atoms with Gasteiger partial charge >= 0.3 is 5.97 Å². The fraction of sp³-hybridized carbons (Fsp3) is 0.938. The molecule has 4 atom stereocenters. The highest BCUT2D eigenvalue weighted by atomic mass is 32.2. The summed E-state index contributed by atoms with van der Waals surface area (Å²) in [6, 6.07) is -0.488. The van der Waals surface area contributed by atoms with Crippen molar-refractivity contribution in [1.82, 2.24) is 0 Å². The van der Waals surface area contributed by atoms with Crippen LogP contribution in [0.3, 0.4) is 0 Å². The Hall–Kier alpha value is -0.260. The molecule has 0 aromatic carbocycles. The molecule has 4 unspecified atom stereocenters. The first kappa shape index (κ1) is 18.8. The number of hydrogen-bond acceptors (Lipinski definition) is 5. The van der Waals surface area contributed by atoms with Gasteiger partial charge in [-0.1, -0.05) is 20.3 Å². The molecular formula is C16H31NO3S. The van der Waals surface area contributed by atoms with Crippen LogP contribution in [0, 0.1) is 11.8 Å². The maximum absolute atomic E-state index is 11.9. The molecular weight excluding hydrogens is 286 g/mol. The van der Waals surface area contributed by atoms with E-state index in [1.807, 2.05) is 18.7 Å². The van der Waals surface area contributed by atoms with Crippen molar-refractivity contribution in [2.45, 2.75) is 64.7 Å². The van der Waals surface area contributed by atoms with Crippen molar-refractivity contribution in [1.29, 1.82) is 0 Å². The third kappa shape index (κ3) is 6.57. The molecule has 0 saturated carbocycles. The lowest BCUT2D eigenvalue weighted by atomic mass is 9.90. The Kier molecular flexibility index (Phi) is 8.67. The zero-order chi connectivity index (χ0) is 15.8. The predicted molar refractivity (Wildman–Crippen MR) is 88.4 cm³/mol. The standard InChI is InChI=1S/C16H31NO3S/c1-11(2)10-19-15-12(3)20-16(18)14(17)7-5-6-13(15)8-9-21-4/h11-15H,5-10,17H2,1-4H3. The Morgan fingerprint density at radius 2 is 2.14 bits per heavy atom. The molecule has 124 valence electrons. The number of ether oxygens (including phenoxy) is 2. The lowest BCUT2D eigenvalue weighted by Gasteiger charge is -2.31. The van der Waals surface area contributed by atoms with Crippen LogP contribution in [0.25, 0.3) is 0 Å². The fourth-order valence-corrected chi connectivity index (χ4v) is 3.29. The molecule has 1 fully saturated rings. The smallest absolute Gasteiger partial charge is 0.323 e. The Balaban J connectivity index is 2.79. The molecule has 4 nitrogen and oxygen atoms in total. The number of cyclic esters (lactones) is 1. The Morgan fingerprint density at radius 1 is 1.43 bits per heavy atom. The molecule has 0 aromatic rings. The summed E-state index contributed by atoms with van der Waals surface area (Å²) in [5.74, 6) is 1.73. The van der Waals surface area contributed by atoms with Gasteiger partial charge in [0.2, 0.25) is 0 Å². The first-order valence-electron chi connectivity index (χ1n) is 8.02. The second-order valence-corrected chi connectivity index (χ2v) is 7.40. The first-order chi connectivity index (χ1) is 9.95. The van der Waals surface area contributed by atoms with Gasteiger partial charge in [0, 0.05) is 6.61 Å². The molecule has 0 aliphatic carbocycles. The van der Waals surface area contributed by atoms with Crippen molar-refractivity contribution in [2.24, 2.45) is 17.6 Å². The summed E-state index contributed by atoms with van der Waals surface area (Å²) in [4.78, 5) is 11.9. The van der Waals surface area contributed by atoms with Gasteiger partial charge in [-0.05, 0) is 50.0 Å². The maximum Gasteiger partial charge on any atom is 0.323 e. The normalized spacial score (nSPS) is 31.4. The highest BCUT2D eigenvalue weighted by Gasteiger charge is 2.33. The number of rotatable bonds is 6. The van der Waals surface area contributed by atoms with E-state index in [-0.39, 0.29) is 18.2 Å². The number of hydrogen-bond donors (Lipinski definition) is 1. The zero-order valence-electron chi connectivity index (χ0n) is 13.8. The number of esters is 1. The quantitative estimate of drug-likeness (QED) is 0.763. The minimum Gasteiger partial charge on any atom is -0.459 e. The highest BCUT2D eigenvalue weighted by molar-refractivity contribution is 7.98. The van der Waals surface area contributed by atoms with E-state index in [1.54, 1.807) is 0 Å². The van der Waals surface area contributed by atoms with Crippen molar-refractivity contribution < 1.29 is 14.3 Å². The fourth-order valence-electron chi connectivity index (χ4n) is 2.76. The molecule has 5 heteroatoms. The molecule has 1 heterocycles. The molecule has 0 bridgehead atoms. The van der Waals surface area contributed by atoms with Gasteiger partial charge < -0.3 is 15.2 Å². The Bertz CT molecular complexity index is 312. The molecule has 1 aliphatic rings. The average Bonchev–Trinajstić information content (AvgIpc) is 2.46. The van der Waals surface area contributed by atoms with Gasteiger partial charge in [0.15, 0.2) is 0 Å². The van der Waals surface area contributed by atoms with Crippen LogP contribution >= 0.6 is 11.8 Å². The van der Waals surface area contributed by atoms with Crippen LogP contribution in [0.5, 0.6) is 0 Å². The van der Waals surface area contributed by atoms with Gasteiger partial charge in [-0.15, -0.1) is 0 Å². The van der Waals surface area contributed by atoms with Crippen molar-refractivity contribution in [3.8, 4) is 0 Å². The van der Waals surface area contributed by atoms with Crippen LogP contribution in [-0.4, -0.2) is 42.8 Å². The van der Waals surface area contributed by atoms with Crippen molar-refractivity contribution in [3.05, 3.63) is 0 Å². The van der Waals surface area contributed by atoms with Gasteiger partial charge in [0.25, 0.3) is 0 Å². The summed E-state index contributed by atoms with van der Waals surface area (Å²) >= 11 is 1.85. The number of nitrogens with two attached hydrogens (primary N) is 1. The van der Waals surface area contributed by atoms with Crippen LogP contribution in [-0.2, 0) is 14.3 Å². The third-order valence-corrected chi connectivity index (χ3v) is 4.58. The monoisotopic (exact) mass is 317 g/mol. The summed E-state index contributed by atoms with van der Waals surface area (Å²) in [7, 11) is 0. The van der Waals surface area contributed by atoms with Gasteiger partial charge in [-0.2, -0.15) is 11.8 Å². The van der Waals surface area contributed by atoms with Crippen LogP contribution in [0.15, 0.2) is 0 Å². The summed E-state index contributed by atoms with van der Waals surface area (Å²) in [6.45, 7) is 6.92. The van der Waals surface area contributed by atoms with E-state index in [2.05, 4.69) is 20.1 Å². The van der Waals surface area contributed by atoms with E-state index in [0.29, 0.717) is 24.9 Å². The second-order valence-electron chi connectivity index (χ2n) is 6.41. The summed E-state index contributed by atoms with van der Waals surface area (Å²) < 4.78 is 11.7. The topological polar surface area (TPSA) is 61.6 Å². The maximum atomic E-state index is 11.9. The van der Waals surface area contributed by atoms with Crippen LogP contribution in [0.1, 0.15) is 46.5 Å². The Labute approximate surface area is 133 Å². The number of carbonyl (C=O) groups excluding carboxylic acids is 1. The molecule has 2 N–H and O–H groups in total. The molecule has 0 aromatic heterocycles. The second kappa shape index (κ2) is 9.70. The van der Waals surface area contributed by atoms with Gasteiger partial charge in [-0.3, -0.25) is 4.79 Å². The van der Waals surface area contributed by atoms with Crippen molar-refractivity contribution in [2.75, 3.05) is 18.6 Å². The van der Waals surface area contributed by atoms with Crippen LogP contribution < -0.4 is 5.73 Å². The van der Waals surface area contributed by atoms with Gasteiger partial charge in [0.1, 0.15) is 12.1 Å².